The van der Waals surface area contributed by atoms with Gasteiger partial charge in [-0.15, -0.1) is 0 Å². The predicted molar refractivity (Wildman–Crippen MR) is 79.7 cm³/mol. The Morgan fingerprint density at radius 1 is 1.36 bits per heavy atom. The molecule has 1 aliphatic rings. The second-order valence-electron chi connectivity index (χ2n) is 4.84. The third kappa shape index (κ3) is 3.00. The zero-order valence-corrected chi connectivity index (χ0v) is 13.4. The van der Waals surface area contributed by atoms with Crippen LogP contribution in [0.5, 0.6) is 5.75 Å². The molecule has 1 aromatic carbocycles. The molecule has 7 nitrogen and oxygen atoms in total. The van der Waals surface area contributed by atoms with Crippen LogP contribution >= 0.6 is 15.9 Å². The summed E-state index contributed by atoms with van der Waals surface area (Å²) < 4.78 is 33.4. The van der Waals surface area contributed by atoms with Crippen molar-refractivity contribution in [2.75, 3.05) is 11.5 Å². The molecule has 1 saturated heterocycles. The van der Waals surface area contributed by atoms with Crippen LogP contribution in [0.1, 0.15) is 10.5 Å². The molecule has 0 saturated carbocycles. The topological polar surface area (TPSA) is 107 Å². The van der Waals surface area contributed by atoms with Gasteiger partial charge in [-0.2, -0.15) is 0 Å². The number of hydrogen-bond acceptors (Lipinski definition) is 6. The van der Waals surface area contributed by atoms with Crippen LogP contribution in [-0.2, 0) is 9.84 Å². The van der Waals surface area contributed by atoms with Gasteiger partial charge in [0.25, 0.3) is 0 Å². The van der Waals surface area contributed by atoms with Gasteiger partial charge in [-0.25, -0.2) is 13.2 Å². The summed E-state index contributed by atoms with van der Waals surface area (Å²) in [5.74, 6) is -0.297. The number of benzene rings is 1. The fourth-order valence-corrected chi connectivity index (χ4v) is 3.67. The van der Waals surface area contributed by atoms with Crippen molar-refractivity contribution in [3.05, 3.63) is 34.4 Å². The fraction of sp³-hybridized carbons (Fsp3) is 0.231. The molecule has 1 aromatic heterocycles. The quantitative estimate of drug-likeness (QED) is 0.854. The van der Waals surface area contributed by atoms with E-state index >= 15 is 0 Å². The predicted octanol–water partition coefficient (Wildman–Crippen LogP) is 1.98. The first-order chi connectivity index (χ1) is 10.3. The van der Waals surface area contributed by atoms with E-state index in [9.17, 15) is 13.2 Å². The third-order valence-corrected chi connectivity index (χ3v) is 5.50. The molecule has 2 aromatic rings. The van der Waals surface area contributed by atoms with Crippen LogP contribution < -0.4 is 4.74 Å². The Morgan fingerprint density at radius 2 is 2.09 bits per heavy atom. The van der Waals surface area contributed by atoms with Gasteiger partial charge >= 0.3 is 5.97 Å². The minimum Gasteiger partial charge on any atom is -0.487 e. The first-order valence-electron chi connectivity index (χ1n) is 6.21. The van der Waals surface area contributed by atoms with Gasteiger partial charge in [0.15, 0.2) is 21.3 Å². The van der Waals surface area contributed by atoms with Crippen molar-refractivity contribution in [3.8, 4) is 17.1 Å². The van der Waals surface area contributed by atoms with Crippen molar-refractivity contribution in [2.45, 2.75) is 6.10 Å². The average Bonchev–Trinajstić information content (AvgIpc) is 2.88. The van der Waals surface area contributed by atoms with E-state index in [0.29, 0.717) is 21.5 Å². The highest BCUT2D eigenvalue weighted by molar-refractivity contribution is 9.10. The highest BCUT2D eigenvalue weighted by Crippen LogP contribution is 2.32. The highest BCUT2D eigenvalue weighted by atomic mass is 79.9. The lowest BCUT2D eigenvalue weighted by Gasteiger charge is -2.27. The van der Waals surface area contributed by atoms with E-state index in [4.69, 9.17) is 14.4 Å². The first-order valence-corrected chi connectivity index (χ1v) is 8.82. The molecule has 0 bridgehead atoms. The van der Waals surface area contributed by atoms with Crippen LogP contribution in [0.2, 0.25) is 0 Å². The number of sulfone groups is 1. The van der Waals surface area contributed by atoms with Gasteiger partial charge in [0.1, 0.15) is 11.9 Å². The summed E-state index contributed by atoms with van der Waals surface area (Å²) >= 11 is 3.34. The summed E-state index contributed by atoms with van der Waals surface area (Å²) in [6, 6.07) is 6.35. The molecule has 0 amide bonds. The van der Waals surface area contributed by atoms with E-state index in [-0.39, 0.29) is 23.3 Å². The van der Waals surface area contributed by atoms with Crippen molar-refractivity contribution < 1.29 is 27.6 Å². The van der Waals surface area contributed by atoms with Crippen molar-refractivity contribution in [2.24, 2.45) is 0 Å². The summed E-state index contributed by atoms with van der Waals surface area (Å²) in [6.07, 6.45) is -0.337. The molecule has 1 aliphatic heterocycles. The standard InChI is InChI=1S/C13H10BrNO6S/c14-9-3-7(12-4-10(13(16)17)15-21-12)1-2-11(9)20-8-5-22(18,19)6-8/h1-4,8H,5-6H2,(H,16,17). The third-order valence-electron chi connectivity index (χ3n) is 3.12. The lowest BCUT2D eigenvalue weighted by molar-refractivity contribution is 0.0686. The van der Waals surface area contributed by atoms with E-state index in [0.717, 1.165) is 0 Å². The molecule has 9 heteroatoms. The van der Waals surface area contributed by atoms with Crippen molar-refractivity contribution in [1.29, 1.82) is 0 Å². The van der Waals surface area contributed by atoms with Crippen LogP contribution in [0.25, 0.3) is 11.3 Å². The van der Waals surface area contributed by atoms with E-state index in [2.05, 4.69) is 21.1 Å². The number of aromatic carboxylic acids is 1. The Bertz CT molecular complexity index is 832. The lowest BCUT2D eigenvalue weighted by atomic mass is 10.1. The molecule has 0 radical (unpaired) electrons. The van der Waals surface area contributed by atoms with Crippen molar-refractivity contribution in [3.63, 3.8) is 0 Å². The van der Waals surface area contributed by atoms with Gasteiger partial charge in [0, 0.05) is 11.6 Å². The van der Waals surface area contributed by atoms with Gasteiger partial charge in [-0.3, -0.25) is 0 Å². The average molecular weight is 388 g/mol. The van der Waals surface area contributed by atoms with Crippen molar-refractivity contribution >= 4 is 31.7 Å². The molecular formula is C13H10BrNO6S. The number of carbonyl (C=O) groups is 1. The minimum atomic E-state index is -2.94. The molecule has 0 atom stereocenters. The van der Waals surface area contributed by atoms with Gasteiger partial charge in [-0.1, -0.05) is 5.16 Å². The zero-order valence-electron chi connectivity index (χ0n) is 11.0. The maximum atomic E-state index is 11.1. The molecule has 116 valence electrons. The molecule has 1 N–H and O–H groups in total. The first kappa shape index (κ1) is 15.0. The number of hydrogen-bond donors (Lipinski definition) is 1. The summed E-state index contributed by atoms with van der Waals surface area (Å²) in [7, 11) is -2.94. The summed E-state index contributed by atoms with van der Waals surface area (Å²) in [5, 5.41) is 12.3. The zero-order chi connectivity index (χ0) is 15.9. The van der Waals surface area contributed by atoms with Crippen molar-refractivity contribution in [1.82, 2.24) is 5.16 Å². The van der Waals surface area contributed by atoms with Gasteiger partial charge in [-0.05, 0) is 34.1 Å². The molecule has 22 heavy (non-hydrogen) atoms. The van der Waals surface area contributed by atoms with E-state index in [1.54, 1.807) is 18.2 Å². The summed E-state index contributed by atoms with van der Waals surface area (Å²) in [5.41, 5.74) is 0.451. The van der Waals surface area contributed by atoms with Crippen LogP contribution in [0, 0.1) is 0 Å². The Hall–Kier alpha value is -1.87. The summed E-state index contributed by atoms with van der Waals surface area (Å²) in [4.78, 5) is 10.8. The maximum absolute atomic E-state index is 11.1. The van der Waals surface area contributed by atoms with Crippen LogP contribution in [0.3, 0.4) is 0 Å². The Labute approximate surface area is 133 Å². The van der Waals surface area contributed by atoms with Gasteiger partial charge in [0.2, 0.25) is 0 Å². The minimum absolute atomic E-state index is 0.0191. The Morgan fingerprint density at radius 3 is 2.64 bits per heavy atom. The fourth-order valence-electron chi connectivity index (χ4n) is 2.03. The largest absolute Gasteiger partial charge is 0.487 e. The van der Waals surface area contributed by atoms with Crippen LogP contribution in [0.4, 0.5) is 0 Å². The molecule has 0 spiro atoms. The lowest BCUT2D eigenvalue weighted by Crippen LogP contribution is -2.45. The highest BCUT2D eigenvalue weighted by Gasteiger charge is 2.35. The second kappa shape index (κ2) is 5.40. The molecule has 3 rings (SSSR count). The SMILES string of the molecule is O=C(O)c1cc(-c2ccc(OC3CS(=O)(=O)C3)c(Br)c2)on1. The molecule has 0 aliphatic carbocycles. The summed E-state index contributed by atoms with van der Waals surface area (Å²) in [6.45, 7) is 0. The number of nitrogens with zero attached hydrogens (tertiary/aromatic N) is 1. The van der Waals surface area contributed by atoms with Crippen LogP contribution in [0.15, 0.2) is 33.3 Å². The number of halogens is 1. The van der Waals surface area contributed by atoms with E-state index in [1.807, 2.05) is 0 Å². The number of carboxylic acids is 1. The number of aromatic nitrogens is 1. The normalized spacial score (nSPS) is 17.0. The molecular weight excluding hydrogens is 378 g/mol. The molecule has 1 fully saturated rings. The Kier molecular flexibility index (Phi) is 3.69. The monoisotopic (exact) mass is 387 g/mol. The smallest absolute Gasteiger partial charge is 0.358 e. The van der Waals surface area contributed by atoms with E-state index in [1.165, 1.54) is 6.07 Å². The number of rotatable bonds is 4. The molecule has 0 unspecified atom stereocenters. The number of ether oxygens (including phenoxy) is 1. The van der Waals surface area contributed by atoms with Gasteiger partial charge in [0.05, 0.1) is 16.0 Å². The molecule has 2 heterocycles. The van der Waals surface area contributed by atoms with E-state index < -0.39 is 15.8 Å². The second-order valence-corrected chi connectivity index (χ2v) is 7.85. The van der Waals surface area contributed by atoms with Gasteiger partial charge < -0.3 is 14.4 Å². The Balaban J connectivity index is 1.78. The maximum Gasteiger partial charge on any atom is 0.358 e. The van der Waals surface area contributed by atoms with Crippen LogP contribution in [-0.4, -0.2) is 42.3 Å². The number of carboxylic acid groups (broad SMARTS) is 1.